The molecule has 0 aliphatic rings. The van der Waals surface area contributed by atoms with Crippen LogP contribution in [-0.2, 0) is 9.53 Å². The Kier molecular flexibility index (Phi) is 6.79. The second-order valence-electron chi connectivity index (χ2n) is 2.30. The van der Waals surface area contributed by atoms with E-state index in [-0.39, 0.29) is 5.97 Å². The third kappa shape index (κ3) is 7.10. The van der Waals surface area contributed by atoms with Crippen LogP contribution in [0.3, 0.4) is 0 Å². The molecule has 0 aromatic heterocycles. The van der Waals surface area contributed by atoms with Crippen molar-refractivity contribution in [2.75, 3.05) is 6.61 Å². The number of rotatable bonds is 5. The zero-order chi connectivity index (χ0) is 8.53. The first-order chi connectivity index (χ1) is 5.31. The van der Waals surface area contributed by atoms with Crippen LogP contribution in [-0.4, -0.2) is 12.6 Å². The highest BCUT2D eigenvalue weighted by atomic mass is 16.5. The van der Waals surface area contributed by atoms with Crippen LogP contribution in [0.1, 0.15) is 33.1 Å². The maximum absolute atomic E-state index is 10.6. The highest BCUT2D eigenvalue weighted by Gasteiger charge is 1.92. The van der Waals surface area contributed by atoms with Crippen LogP contribution in [0.4, 0.5) is 0 Å². The second kappa shape index (κ2) is 7.32. The van der Waals surface area contributed by atoms with Gasteiger partial charge in [-0.1, -0.05) is 32.4 Å². The Morgan fingerprint density at radius 3 is 2.64 bits per heavy atom. The summed E-state index contributed by atoms with van der Waals surface area (Å²) < 4.78 is 4.81. The summed E-state index contributed by atoms with van der Waals surface area (Å²) in [5.74, 6) is -0.133. The van der Waals surface area contributed by atoms with E-state index in [1.807, 2.05) is 12.2 Å². The van der Waals surface area contributed by atoms with Crippen molar-refractivity contribution in [2.24, 2.45) is 0 Å². The monoisotopic (exact) mass is 156 g/mol. The Labute approximate surface area is 68.2 Å². The summed E-state index contributed by atoms with van der Waals surface area (Å²) in [7, 11) is 0. The molecule has 0 atom stereocenters. The summed E-state index contributed by atoms with van der Waals surface area (Å²) >= 11 is 0. The Bertz CT molecular complexity index is 128. The van der Waals surface area contributed by atoms with Gasteiger partial charge in [-0.3, -0.25) is 4.79 Å². The highest BCUT2D eigenvalue weighted by molar-refractivity contribution is 5.68. The predicted molar refractivity (Wildman–Crippen MR) is 45.3 cm³/mol. The fourth-order valence-electron chi connectivity index (χ4n) is 0.596. The Hall–Kier alpha value is -0.790. The molecular formula is C9H16O2. The SMILES string of the molecule is CCCC=CCOC(=O)CC. The zero-order valence-corrected chi connectivity index (χ0v) is 7.30. The van der Waals surface area contributed by atoms with Gasteiger partial charge in [-0.25, -0.2) is 0 Å². The summed E-state index contributed by atoms with van der Waals surface area (Å²) in [6.07, 6.45) is 6.57. The number of hydrogen-bond acceptors (Lipinski definition) is 2. The molecule has 0 rings (SSSR count). The molecule has 64 valence electrons. The van der Waals surface area contributed by atoms with Crippen molar-refractivity contribution < 1.29 is 9.53 Å². The van der Waals surface area contributed by atoms with Crippen molar-refractivity contribution in [3.8, 4) is 0 Å². The van der Waals surface area contributed by atoms with E-state index in [9.17, 15) is 4.79 Å². The normalized spacial score (nSPS) is 10.4. The first-order valence-corrected chi connectivity index (χ1v) is 4.11. The van der Waals surface area contributed by atoms with Crippen molar-refractivity contribution in [2.45, 2.75) is 33.1 Å². The van der Waals surface area contributed by atoms with Crippen LogP contribution in [0.25, 0.3) is 0 Å². The van der Waals surface area contributed by atoms with Crippen LogP contribution in [0.5, 0.6) is 0 Å². The lowest BCUT2D eigenvalue weighted by Gasteiger charge is -1.96. The summed E-state index contributed by atoms with van der Waals surface area (Å²) in [5.41, 5.74) is 0. The summed E-state index contributed by atoms with van der Waals surface area (Å²) in [4.78, 5) is 10.6. The molecule has 0 aliphatic carbocycles. The van der Waals surface area contributed by atoms with Gasteiger partial charge in [-0.15, -0.1) is 0 Å². The summed E-state index contributed by atoms with van der Waals surface area (Å²) in [6, 6.07) is 0. The molecule has 0 spiro atoms. The Morgan fingerprint density at radius 2 is 2.09 bits per heavy atom. The number of unbranched alkanes of at least 4 members (excludes halogenated alkanes) is 1. The van der Waals surface area contributed by atoms with Gasteiger partial charge in [0.2, 0.25) is 0 Å². The first kappa shape index (κ1) is 10.2. The van der Waals surface area contributed by atoms with E-state index in [2.05, 4.69) is 6.92 Å². The number of ether oxygens (including phenoxy) is 1. The van der Waals surface area contributed by atoms with E-state index in [0.29, 0.717) is 13.0 Å². The van der Waals surface area contributed by atoms with E-state index >= 15 is 0 Å². The number of esters is 1. The van der Waals surface area contributed by atoms with Crippen LogP contribution < -0.4 is 0 Å². The van der Waals surface area contributed by atoms with E-state index in [0.717, 1.165) is 12.8 Å². The molecule has 2 nitrogen and oxygen atoms in total. The molecular weight excluding hydrogens is 140 g/mol. The molecule has 0 radical (unpaired) electrons. The molecule has 0 saturated heterocycles. The quantitative estimate of drug-likeness (QED) is 0.451. The van der Waals surface area contributed by atoms with Crippen molar-refractivity contribution in [3.05, 3.63) is 12.2 Å². The third-order valence-corrected chi connectivity index (χ3v) is 1.25. The van der Waals surface area contributed by atoms with Crippen molar-refractivity contribution >= 4 is 5.97 Å². The minimum atomic E-state index is -0.133. The maximum atomic E-state index is 10.6. The predicted octanol–water partition coefficient (Wildman–Crippen LogP) is 2.30. The molecule has 0 amide bonds. The maximum Gasteiger partial charge on any atom is 0.305 e. The molecule has 0 heterocycles. The summed E-state index contributed by atoms with van der Waals surface area (Å²) in [6.45, 7) is 4.33. The molecule has 0 aliphatic heterocycles. The van der Waals surface area contributed by atoms with Gasteiger partial charge < -0.3 is 4.74 Å². The van der Waals surface area contributed by atoms with Gasteiger partial charge >= 0.3 is 5.97 Å². The lowest BCUT2D eigenvalue weighted by Crippen LogP contribution is -2.01. The number of hydrogen-bond donors (Lipinski definition) is 0. The smallest absolute Gasteiger partial charge is 0.305 e. The van der Waals surface area contributed by atoms with Crippen molar-refractivity contribution in [1.29, 1.82) is 0 Å². The Morgan fingerprint density at radius 1 is 1.36 bits per heavy atom. The molecule has 0 N–H and O–H groups in total. The molecule has 0 aromatic carbocycles. The first-order valence-electron chi connectivity index (χ1n) is 4.11. The standard InChI is InChI=1S/C9H16O2/c1-3-5-6-7-8-11-9(10)4-2/h6-7H,3-5,8H2,1-2H3. The van der Waals surface area contributed by atoms with Crippen molar-refractivity contribution in [3.63, 3.8) is 0 Å². The number of allylic oxidation sites excluding steroid dienone is 1. The number of carbonyl (C=O) groups is 1. The highest BCUT2D eigenvalue weighted by Crippen LogP contribution is 1.89. The molecule has 0 bridgehead atoms. The average molecular weight is 156 g/mol. The zero-order valence-electron chi connectivity index (χ0n) is 7.30. The Balaban J connectivity index is 3.19. The lowest BCUT2D eigenvalue weighted by atomic mass is 10.3. The largest absolute Gasteiger partial charge is 0.461 e. The van der Waals surface area contributed by atoms with Crippen LogP contribution in [0.15, 0.2) is 12.2 Å². The molecule has 0 unspecified atom stereocenters. The molecule has 2 heteroatoms. The van der Waals surface area contributed by atoms with E-state index in [1.165, 1.54) is 0 Å². The van der Waals surface area contributed by atoms with Gasteiger partial charge in [0, 0.05) is 6.42 Å². The van der Waals surface area contributed by atoms with Gasteiger partial charge in [0.25, 0.3) is 0 Å². The van der Waals surface area contributed by atoms with Gasteiger partial charge in [0.05, 0.1) is 0 Å². The topological polar surface area (TPSA) is 26.3 Å². The van der Waals surface area contributed by atoms with Crippen LogP contribution in [0, 0.1) is 0 Å². The molecule has 0 saturated carbocycles. The van der Waals surface area contributed by atoms with Crippen LogP contribution in [0.2, 0.25) is 0 Å². The van der Waals surface area contributed by atoms with Gasteiger partial charge in [-0.05, 0) is 6.42 Å². The summed E-state index contributed by atoms with van der Waals surface area (Å²) in [5, 5.41) is 0. The second-order valence-corrected chi connectivity index (χ2v) is 2.30. The van der Waals surface area contributed by atoms with E-state index in [4.69, 9.17) is 4.74 Å². The number of carbonyl (C=O) groups excluding carboxylic acids is 1. The minimum Gasteiger partial charge on any atom is -0.461 e. The van der Waals surface area contributed by atoms with Crippen molar-refractivity contribution in [1.82, 2.24) is 0 Å². The molecule has 0 aromatic rings. The minimum absolute atomic E-state index is 0.133. The van der Waals surface area contributed by atoms with Gasteiger partial charge in [0.15, 0.2) is 0 Å². The third-order valence-electron chi connectivity index (χ3n) is 1.25. The van der Waals surface area contributed by atoms with Crippen LogP contribution >= 0.6 is 0 Å². The molecule has 0 fully saturated rings. The lowest BCUT2D eigenvalue weighted by molar-refractivity contribution is -0.141. The fraction of sp³-hybridized carbons (Fsp3) is 0.667. The van der Waals surface area contributed by atoms with E-state index in [1.54, 1.807) is 6.92 Å². The molecule has 11 heavy (non-hydrogen) atoms. The van der Waals surface area contributed by atoms with E-state index < -0.39 is 0 Å². The van der Waals surface area contributed by atoms with Gasteiger partial charge in [0.1, 0.15) is 6.61 Å². The average Bonchev–Trinajstić information content (AvgIpc) is 2.04. The van der Waals surface area contributed by atoms with Gasteiger partial charge in [-0.2, -0.15) is 0 Å². The fourth-order valence-corrected chi connectivity index (χ4v) is 0.596.